The Kier molecular flexibility index (Phi) is 6.26. The van der Waals surface area contributed by atoms with Crippen molar-refractivity contribution in [2.75, 3.05) is 20.3 Å². The molecule has 0 aliphatic carbocycles. The molecule has 0 spiro atoms. The van der Waals surface area contributed by atoms with Crippen molar-refractivity contribution in [1.82, 2.24) is 15.6 Å². The number of benzene rings is 1. The lowest BCUT2D eigenvalue weighted by Gasteiger charge is -2.07. The van der Waals surface area contributed by atoms with Crippen molar-refractivity contribution < 1.29 is 14.3 Å². The molecule has 1 aromatic heterocycles. The lowest BCUT2D eigenvalue weighted by atomic mass is 10.2. The highest BCUT2D eigenvalue weighted by atomic mass is 16.5. The molecule has 0 atom stereocenters. The molecule has 0 saturated carbocycles. The van der Waals surface area contributed by atoms with E-state index in [2.05, 4.69) is 15.6 Å². The number of pyridine rings is 1. The zero-order valence-electron chi connectivity index (χ0n) is 12.9. The Balaban J connectivity index is 1.95. The molecule has 0 bridgehead atoms. The Morgan fingerprint density at radius 1 is 1.09 bits per heavy atom. The maximum absolute atomic E-state index is 12.1. The minimum Gasteiger partial charge on any atom is -0.383 e. The second-order valence-electron chi connectivity index (χ2n) is 4.85. The normalized spacial score (nSPS) is 10.1. The first-order chi connectivity index (χ1) is 11.2. The quantitative estimate of drug-likeness (QED) is 0.757. The molecule has 6 nitrogen and oxygen atoms in total. The first-order valence-electron chi connectivity index (χ1n) is 7.26. The minimum absolute atomic E-state index is 0.209. The fourth-order valence-corrected chi connectivity index (χ4v) is 1.93. The molecule has 6 heteroatoms. The van der Waals surface area contributed by atoms with E-state index in [1.807, 2.05) is 30.3 Å². The molecule has 2 rings (SSSR count). The van der Waals surface area contributed by atoms with Crippen LogP contribution in [0.25, 0.3) is 0 Å². The average Bonchev–Trinajstić information content (AvgIpc) is 2.61. The number of nitrogens with zero attached hydrogens (tertiary/aromatic N) is 1. The highest BCUT2D eigenvalue weighted by Gasteiger charge is 2.11. The molecule has 2 N–H and O–H groups in total. The average molecular weight is 313 g/mol. The molecule has 0 fully saturated rings. The number of amides is 2. The van der Waals surface area contributed by atoms with Crippen LogP contribution in [-0.2, 0) is 11.3 Å². The highest BCUT2D eigenvalue weighted by Crippen LogP contribution is 2.03. The predicted octanol–water partition coefficient (Wildman–Crippen LogP) is 1.39. The van der Waals surface area contributed by atoms with Gasteiger partial charge in [0.15, 0.2) is 0 Å². The molecule has 0 radical (unpaired) electrons. The summed E-state index contributed by atoms with van der Waals surface area (Å²) in [5.74, 6) is -0.582. The molecule has 2 amide bonds. The third-order valence-corrected chi connectivity index (χ3v) is 3.14. The van der Waals surface area contributed by atoms with E-state index in [9.17, 15) is 9.59 Å². The van der Waals surface area contributed by atoms with Crippen LogP contribution in [0.15, 0.2) is 48.7 Å². The first-order valence-corrected chi connectivity index (χ1v) is 7.26. The number of carbonyl (C=O) groups is 2. The molecule has 2 aromatic rings. The summed E-state index contributed by atoms with van der Waals surface area (Å²) in [6.07, 6.45) is 1.45. The Morgan fingerprint density at radius 2 is 1.87 bits per heavy atom. The summed E-state index contributed by atoms with van der Waals surface area (Å²) in [5, 5.41) is 5.48. The second-order valence-corrected chi connectivity index (χ2v) is 4.85. The summed E-state index contributed by atoms with van der Waals surface area (Å²) in [5.41, 5.74) is 1.59. The van der Waals surface area contributed by atoms with E-state index in [0.29, 0.717) is 25.3 Å². The van der Waals surface area contributed by atoms with E-state index in [4.69, 9.17) is 4.74 Å². The maximum Gasteiger partial charge on any atom is 0.270 e. The summed E-state index contributed by atoms with van der Waals surface area (Å²) in [6.45, 7) is 1.25. The number of ether oxygens (including phenoxy) is 1. The minimum atomic E-state index is -0.319. The fourth-order valence-electron chi connectivity index (χ4n) is 1.93. The van der Waals surface area contributed by atoms with Gasteiger partial charge in [-0.05, 0) is 17.7 Å². The number of hydrogen-bond acceptors (Lipinski definition) is 4. The van der Waals surface area contributed by atoms with Crippen molar-refractivity contribution in [3.8, 4) is 0 Å². The van der Waals surface area contributed by atoms with E-state index < -0.39 is 0 Å². The molecular formula is C17H19N3O3. The van der Waals surface area contributed by atoms with Crippen LogP contribution in [0.4, 0.5) is 0 Å². The van der Waals surface area contributed by atoms with Gasteiger partial charge in [0.2, 0.25) is 0 Å². The Morgan fingerprint density at radius 3 is 2.61 bits per heavy atom. The number of carbonyl (C=O) groups excluding carboxylic acids is 2. The van der Waals surface area contributed by atoms with Crippen molar-refractivity contribution in [2.45, 2.75) is 6.54 Å². The van der Waals surface area contributed by atoms with Gasteiger partial charge in [-0.1, -0.05) is 30.3 Å². The standard InChI is InChI=1S/C17H19N3O3/c1-23-10-9-19-16(21)14-7-8-18-15(11-14)17(22)20-12-13-5-3-2-4-6-13/h2-8,11H,9-10,12H2,1H3,(H,19,21)(H,20,22). The second kappa shape index (κ2) is 8.65. The SMILES string of the molecule is COCCNC(=O)c1ccnc(C(=O)NCc2ccccc2)c1. The molecule has 1 heterocycles. The zero-order valence-corrected chi connectivity index (χ0v) is 12.9. The van der Waals surface area contributed by atoms with Gasteiger partial charge < -0.3 is 15.4 Å². The van der Waals surface area contributed by atoms with E-state index >= 15 is 0 Å². The van der Waals surface area contributed by atoms with Gasteiger partial charge >= 0.3 is 0 Å². The number of hydrogen-bond donors (Lipinski definition) is 2. The van der Waals surface area contributed by atoms with Crippen molar-refractivity contribution in [2.24, 2.45) is 0 Å². The Labute approximate surface area is 134 Å². The van der Waals surface area contributed by atoms with Crippen LogP contribution in [0.2, 0.25) is 0 Å². The van der Waals surface area contributed by atoms with Gasteiger partial charge in [0.05, 0.1) is 6.61 Å². The topological polar surface area (TPSA) is 80.3 Å². The molecular weight excluding hydrogens is 294 g/mol. The summed E-state index contributed by atoms with van der Waals surface area (Å²) >= 11 is 0. The van der Waals surface area contributed by atoms with Gasteiger partial charge in [-0.2, -0.15) is 0 Å². The van der Waals surface area contributed by atoms with Crippen LogP contribution in [0, 0.1) is 0 Å². The van der Waals surface area contributed by atoms with Crippen LogP contribution in [0.1, 0.15) is 26.4 Å². The van der Waals surface area contributed by atoms with Crippen molar-refractivity contribution in [3.05, 3.63) is 65.5 Å². The van der Waals surface area contributed by atoms with Gasteiger partial charge in [-0.25, -0.2) is 0 Å². The summed E-state index contributed by atoms with van der Waals surface area (Å²) in [7, 11) is 1.56. The number of methoxy groups -OCH3 is 1. The van der Waals surface area contributed by atoms with Gasteiger partial charge in [0, 0.05) is 32.0 Å². The molecule has 0 saturated heterocycles. The summed E-state index contributed by atoms with van der Waals surface area (Å²) in [6, 6.07) is 12.6. The van der Waals surface area contributed by atoms with Crippen LogP contribution in [0.5, 0.6) is 0 Å². The van der Waals surface area contributed by atoms with E-state index in [0.717, 1.165) is 5.56 Å². The largest absolute Gasteiger partial charge is 0.383 e. The lowest BCUT2D eigenvalue weighted by Crippen LogP contribution is -2.28. The predicted molar refractivity (Wildman–Crippen MR) is 86.1 cm³/mol. The molecule has 120 valence electrons. The molecule has 0 aliphatic rings. The van der Waals surface area contributed by atoms with Crippen LogP contribution in [-0.4, -0.2) is 37.1 Å². The van der Waals surface area contributed by atoms with Gasteiger partial charge in [0.25, 0.3) is 11.8 Å². The third kappa shape index (κ3) is 5.19. The third-order valence-electron chi connectivity index (χ3n) is 3.14. The van der Waals surface area contributed by atoms with Gasteiger partial charge in [0.1, 0.15) is 5.69 Å². The summed E-state index contributed by atoms with van der Waals surface area (Å²) in [4.78, 5) is 28.1. The van der Waals surface area contributed by atoms with Crippen LogP contribution < -0.4 is 10.6 Å². The smallest absolute Gasteiger partial charge is 0.270 e. The molecule has 1 aromatic carbocycles. The zero-order chi connectivity index (χ0) is 16.5. The molecule has 23 heavy (non-hydrogen) atoms. The number of rotatable bonds is 7. The Bertz CT molecular complexity index is 659. The van der Waals surface area contributed by atoms with Crippen LogP contribution >= 0.6 is 0 Å². The number of nitrogens with one attached hydrogen (secondary N) is 2. The van der Waals surface area contributed by atoms with E-state index in [1.165, 1.54) is 12.3 Å². The number of aromatic nitrogens is 1. The fraction of sp³-hybridized carbons (Fsp3) is 0.235. The van der Waals surface area contributed by atoms with Crippen molar-refractivity contribution in [3.63, 3.8) is 0 Å². The Hall–Kier alpha value is -2.73. The highest BCUT2D eigenvalue weighted by molar-refractivity contribution is 5.98. The van der Waals surface area contributed by atoms with Gasteiger partial charge in [-0.15, -0.1) is 0 Å². The van der Waals surface area contributed by atoms with Gasteiger partial charge in [-0.3, -0.25) is 14.6 Å². The first kappa shape index (κ1) is 16.6. The van der Waals surface area contributed by atoms with E-state index in [1.54, 1.807) is 13.2 Å². The van der Waals surface area contributed by atoms with Crippen molar-refractivity contribution in [1.29, 1.82) is 0 Å². The molecule has 0 unspecified atom stereocenters. The van der Waals surface area contributed by atoms with E-state index in [-0.39, 0.29) is 17.5 Å². The summed E-state index contributed by atoms with van der Waals surface area (Å²) < 4.78 is 4.87. The monoisotopic (exact) mass is 313 g/mol. The molecule has 0 aliphatic heterocycles. The lowest BCUT2D eigenvalue weighted by molar-refractivity contribution is 0.0937. The van der Waals surface area contributed by atoms with Crippen molar-refractivity contribution >= 4 is 11.8 Å². The maximum atomic E-state index is 12.1. The van der Waals surface area contributed by atoms with Crippen LogP contribution in [0.3, 0.4) is 0 Å².